The van der Waals surface area contributed by atoms with Crippen LogP contribution < -0.4 is 5.32 Å². The fraction of sp³-hybridized carbons (Fsp3) is 0.321. The van der Waals surface area contributed by atoms with E-state index in [2.05, 4.69) is 27.8 Å². The van der Waals surface area contributed by atoms with Crippen molar-refractivity contribution in [3.63, 3.8) is 0 Å². The lowest BCUT2D eigenvalue weighted by Gasteiger charge is -2.21. The van der Waals surface area contributed by atoms with Gasteiger partial charge in [0, 0.05) is 28.4 Å². The van der Waals surface area contributed by atoms with Crippen molar-refractivity contribution < 1.29 is 28.2 Å². The first-order chi connectivity index (χ1) is 17.4. The Hall–Kier alpha value is -3.46. The number of amides is 1. The van der Waals surface area contributed by atoms with Gasteiger partial charge in [0.05, 0.1) is 19.0 Å². The maximum Gasteiger partial charge on any atom is 0.419 e. The zero-order valence-corrected chi connectivity index (χ0v) is 22.9. The lowest BCUT2D eigenvalue weighted by atomic mass is 10.0. The van der Waals surface area contributed by atoms with Gasteiger partial charge in [-0.15, -0.1) is 6.58 Å². The number of carbonyl (C=O) groups excluding carboxylic acids is 3. The van der Waals surface area contributed by atoms with Crippen molar-refractivity contribution in [2.45, 2.75) is 51.7 Å². The molecule has 3 rings (SSSR count). The maximum absolute atomic E-state index is 13.9. The van der Waals surface area contributed by atoms with Gasteiger partial charge >= 0.3 is 12.1 Å². The third-order valence-electron chi connectivity index (χ3n) is 5.52. The lowest BCUT2D eigenvalue weighted by molar-refractivity contribution is -0.145. The number of methoxy groups -OCH3 is 1. The van der Waals surface area contributed by atoms with Crippen molar-refractivity contribution in [2.24, 2.45) is 0 Å². The van der Waals surface area contributed by atoms with E-state index in [-0.39, 0.29) is 12.8 Å². The molecular weight excluding hydrogens is 543 g/mol. The number of rotatable bonds is 8. The van der Waals surface area contributed by atoms with E-state index < -0.39 is 35.4 Å². The number of fused-ring (bicyclic) bond motifs is 1. The van der Waals surface area contributed by atoms with Crippen LogP contribution in [0, 0.1) is 5.82 Å². The summed E-state index contributed by atoms with van der Waals surface area (Å²) in [6.07, 6.45) is 1.33. The first kappa shape index (κ1) is 28.1. The summed E-state index contributed by atoms with van der Waals surface area (Å²) < 4.78 is 26.3. The van der Waals surface area contributed by atoms with Gasteiger partial charge in [0.2, 0.25) is 5.91 Å². The first-order valence-electron chi connectivity index (χ1n) is 11.7. The van der Waals surface area contributed by atoms with E-state index in [1.165, 1.54) is 23.8 Å². The second-order valence-corrected chi connectivity index (χ2v) is 10.5. The minimum absolute atomic E-state index is 0.0357. The molecule has 0 saturated carbocycles. The summed E-state index contributed by atoms with van der Waals surface area (Å²) >= 11 is 3.24. The van der Waals surface area contributed by atoms with Gasteiger partial charge < -0.3 is 14.8 Å². The molecule has 37 heavy (non-hydrogen) atoms. The van der Waals surface area contributed by atoms with Gasteiger partial charge in [-0.3, -0.25) is 4.79 Å². The number of halogens is 2. The number of carbonyl (C=O) groups is 3. The van der Waals surface area contributed by atoms with Crippen molar-refractivity contribution in [1.29, 1.82) is 0 Å². The molecular formula is C28H30BrFN2O5. The Morgan fingerprint density at radius 2 is 1.89 bits per heavy atom. The Kier molecular flexibility index (Phi) is 8.91. The average Bonchev–Trinajstić information content (AvgIpc) is 3.09. The van der Waals surface area contributed by atoms with Gasteiger partial charge in [-0.05, 0) is 56.2 Å². The number of hydrogen-bond acceptors (Lipinski definition) is 5. The highest BCUT2D eigenvalue weighted by Gasteiger charge is 2.28. The molecule has 0 aliphatic carbocycles. The summed E-state index contributed by atoms with van der Waals surface area (Å²) in [7, 11) is 1.22. The molecule has 0 radical (unpaired) electrons. The fourth-order valence-corrected chi connectivity index (χ4v) is 4.64. The minimum Gasteiger partial charge on any atom is -0.467 e. The van der Waals surface area contributed by atoms with Gasteiger partial charge in [0.1, 0.15) is 17.5 Å². The highest BCUT2D eigenvalue weighted by atomic mass is 79.9. The van der Waals surface area contributed by atoms with Crippen LogP contribution in [-0.2, 0) is 38.3 Å². The molecule has 0 bridgehead atoms. The molecule has 1 aromatic heterocycles. The van der Waals surface area contributed by atoms with Crippen molar-refractivity contribution >= 4 is 44.8 Å². The van der Waals surface area contributed by atoms with Gasteiger partial charge in [-0.1, -0.05) is 40.2 Å². The van der Waals surface area contributed by atoms with Crippen LogP contribution in [0.1, 0.15) is 37.6 Å². The summed E-state index contributed by atoms with van der Waals surface area (Å²) in [6, 6.07) is 10.5. The third-order valence-corrected chi connectivity index (χ3v) is 5.98. The Balaban J connectivity index is 1.96. The quantitative estimate of drug-likeness (QED) is 0.284. The Morgan fingerprint density at radius 3 is 2.51 bits per heavy atom. The number of nitrogens with zero attached hydrogens (tertiary/aromatic N) is 1. The molecule has 1 amide bonds. The average molecular weight is 573 g/mol. The zero-order chi connectivity index (χ0) is 27.3. The monoisotopic (exact) mass is 572 g/mol. The topological polar surface area (TPSA) is 86.6 Å². The molecule has 2 aromatic carbocycles. The molecule has 9 heteroatoms. The Labute approximate surface area is 223 Å². The third kappa shape index (κ3) is 7.07. The van der Waals surface area contributed by atoms with E-state index in [4.69, 9.17) is 9.47 Å². The van der Waals surface area contributed by atoms with Crippen molar-refractivity contribution in [3.05, 3.63) is 82.2 Å². The van der Waals surface area contributed by atoms with Crippen molar-refractivity contribution in [1.82, 2.24) is 9.88 Å². The van der Waals surface area contributed by atoms with Crippen LogP contribution >= 0.6 is 15.9 Å². The van der Waals surface area contributed by atoms with Crippen LogP contribution in [-0.4, -0.2) is 41.3 Å². The second kappa shape index (κ2) is 11.7. The van der Waals surface area contributed by atoms with E-state index in [1.807, 2.05) is 12.1 Å². The van der Waals surface area contributed by atoms with Crippen LogP contribution in [0.2, 0.25) is 0 Å². The standard InChI is InChI=1S/C28H30BrFN2O5/c1-6-9-23-21(20-10-7-8-11-24(20)32(23)27(35)37-28(2,3)4)16-25(33)31-22(26(34)36-5)14-17-12-18(29)15-19(30)13-17/h6-8,10-13,15,22H,1,9,14,16H2,2-5H3,(H,31,33)/t22-/m0/s1. The number of aromatic nitrogens is 1. The van der Waals surface area contributed by atoms with E-state index in [9.17, 15) is 18.8 Å². The second-order valence-electron chi connectivity index (χ2n) is 9.55. The van der Waals surface area contributed by atoms with Crippen LogP contribution in [0.5, 0.6) is 0 Å². The van der Waals surface area contributed by atoms with Crippen LogP contribution in [0.25, 0.3) is 10.9 Å². The normalized spacial score (nSPS) is 12.2. The summed E-state index contributed by atoms with van der Waals surface area (Å²) in [4.78, 5) is 38.8. The zero-order valence-electron chi connectivity index (χ0n) is 21.3. The molecule has 0 aliphatic rings. The van der Waals surface area contributed by atoms with Gasteiger partial charge in [0.25, 0.3) is 0 Å². The molecule has 1 atom stereocenters. The highest BCUT2D eigenvalue weighted by molar-refractivity contribution is 9.10. The van der Waals surface area contributed by atoms with Crippen LogP contribution in [0.15, 0.2) is 59.6 Å². The Morgan fingerprint density at radius 1 is 1.19 bits per heavy atom. The SMILES string of the molecule is C=CCc1c(CC(=O)N[C@@H](Cc2cc(F)cc(Br)c2)C(=O)OC)c2ccccc2n1C(=O)OC(C)(C)C. The van der Waals surface area contributed by atoms with Gasteiger partial charge in [-0.25, -0.2) is 18.5 Å². The molecule has 0 spiro atoms. The van der Waals surface area contributed by atoms with Crippen LogP contribution in [0.3, 0.4) is 0 Å². The number of ether oxygens (including phenoxy) is 2. The number of esters is 1. The molecule has 0 unspecified atom stereocenters. The summed E-state index contributed by atoms with van der Waals surface area (Å²) in [5.41, 5.74) is 1.59. The van der Waals surface area contributed by atoms with E-state index >= 15 is 0 Å². The molecule has 196 valence electrons. The molecule has 1 heterocycles. The highest BCUT2D eigenvalue weighted by Crippen LogP contribution is 2.29. The van der Waals surface area contributed by atoms with E-state index in [1.54, 1.807) is 45.0 Å². The summed E-state index contributed by atoms with van der Waals surface area (Å²) in [5.74, 6) is -1.58. The molecule has 3 aromatic rings. The number of benzene rings is 2. The molecule has 0 saturated heterocycles. The molecule has 0 fully saturated rings. The summed E-state index contributed by atoms with van der Waals surface area (Å²) in [5, 5.41) is 3.42. The Bertz CT molecular complexity index is 1320. The minimum atomic E-state index is -1.03. The number of para-hydroxylation sites is 1. The van der Waals surface area contributed by atoms with E-state index in [0.717, 1.165) is 0 Å². The van der Waals surface area contributed by atoms with Gasteiger partial charge in [-0.2, -0.15) is 0 Å². The predicted molar refractivity (Wildman–Crippen MR) is 143 cm³/mol. The van der Waals surface area contributed by atoms with Crippen molar-refractivity contribution in [3.8, 4) is 0 Å². The smallest absolute Gasteiger partial charge is 0.419 e. The molecule has 1 N–H and O–H groups in total. The van der Waals surface area contributed by atoms with Gasteiger partial charge in [0.15, 0.2) is 0 Å². The fourth-order valence-electron chi connectivity index (χ4n) is 4.13. The largest absolute Gasteiger partial charge is 0.467 e. The molecule has 7 nitrogen and oxygen atoms in total. The maximum atomic E-state index is 13.9. The predicted octanol–water partition coefficient (Wildman–Crippen LogP) is 5.50. The van der Waals surface area contributed by atoms with Crippen LogP contribution in [0.4, 0.5) is 9.18 Å². The number of allylic oxidation sites excluding steroid dienone is 1. The number of hydrogen-bond donors (Lipinski definition) is 1. The summed E-state index contributed by atoms with van der Waals surface area (Å²) in [6.45, 7) is 9.14. The molecule has 0 aliphatic heterocycles. The first-order valence-corrected chi connectivity index (χ1v) is 12.5. The lowest BCUT2D eigenvalue weighted by Crippen LogP contribution is -2.43. The number of nitrogens with one attached hydrogen (secondary N) is 1. The van der Waals surface area contributed by atoms with Crippen molar-refractivity contribution in [2.75, 3.05) is 7.11 Å². The van der Waals surface area contributed by atoms with E-state index in [0.29, 0.717) is 38.6 Å².